The first kappa shape index (κ1) is 21.0. The maximum absolute atomic E-state index is 12.9. The number of oxime groups is 1. The molecule has 2 aliphatic rings. The summed E-state index contributed by atoms with van der Waals surface area (Å²) in [6.45, 7) is 4.81. The van der Waals surface area contributed by atoms with Gasteiger partial charge in [0.2, 0.25) is 0 Å². The van der Waals surface area contributed by atoms with Gasteiger partial charge in [0.15, 0.2) is 26.8 Å². The summed E-state index contributed by atoms with van der Waals surface area (Å²) in [5.41, 5.74) is 1.37. The number of nitrogens with one attached hydrogen (secondary N) is 1. The molecule has 1 atom stereocenters. The minimum atomic E-state index is -3.30. The van der Waals surface area contributed by atoms with Crippen molar-refractivity contribution < 1.29 is 22.8 Å². The first-order valence-electron chi connectivity index (χ1n) is 9.76. The molecule has 8 nitrogen and oxygen atoms in total. The van der Waals surface area contributed by atoms with E-state index in [2.05, 4.69) is 15.5 Å². The molecule has 160 valence electrons. The molecule has 1 saturated heterocycles. The highest BCUT2D eigenvalue weighted by Crippen LogP contribution is 2.33. The lowest BCUT2D eigenvalue weighted by Gasteiger charge is -2.10. The lowest BCUT2D eigenvalue weighted by Crippen LogP contribution is -2.25. The molecule has 0 bridgehead atoms. The number of sulfone groups is 1. The van der Waals surface area contributed by atoms with E-state index in [4.69, 9.17) is 9.57 Å². The number of anilines is 1. The van der Waals surface area contributed by atoms with Gasteiger partial charge in [0, 0.05) is 16.9 Å². The van der Waals surface area contributed by atoms with Crippen LogP contribution in [0.2, 0.25) is 0 Å². The van der Waals surface area contributed by atoms with E-state index in [-0.39, 0.29) is 22.0 Å². The third kappa shape index (κ3) is 4.55. The fourth-order valence-corrected chi connectivity index (χ4v) is 5.47. The Balaban J connectivity index is 1.59. The molecular formula is C20H23N3O5S2. The molecule has 1 aromatic carbocycles. The summed E-state index contributed by atoms with van der Waals surface area (Å²) in [5.74, 6) is -0.472. The molecule has 10 heteroatoms. The number of aryl methyl sites for hydroxylation is 2. The Bertz CT molecular complexity index is 1050. The van der Waals surface area contributed by atoms with Crippen molar-refractivity contribution in [3.8, 4) is 0 Å². The number of carbonyl (C=O) groups is 1. The van der Waals surface area contributed by atoms with Crippen LogP contribution in [0.4, 0.5) is 5.13 Å². The smallest absolute Gasteiger partial charge is 0.280 e. The first-order chi connectivity index (χ1) is 14.3. The zero-order valence-electron chi connectivity index (χ0n) is 16.8. The number of amides is 1. The highest BCUT2D eigenvalue weighted by atomic mass is 32.2. The van der Waals surface area contributed by atoms with Gasteiger partial charge in [-0.15, -0.1) is 11.3 Å². The number of ether oxygens (including phenoxy) is 1. The first-order valence-corrected chi connectivity index (χ1v) is 12.1. The Kier molecular flexibility index (Phi) is 5.90. The molecule has 0 unspecified atom stereocenters. The Labute approximate surface area is 179 Å². The van der Waals surface area contributed by atoms with Crippen molar-refractivity contribution in [3.63, 3.8) is 0 Å². The molecule has 1 amide bonds. The van der Waals surface area contributed by atoms with Gasteiger partial charge in [-0.25, -0.2) is 13.4 Å². The molecule has 1 aromatic heterocycles. The van der Waals surface area contributed by atoms with E-state index in [1.54, 1.807) is 12.1 Å². The standard InChI is InChI=1S/C20H23N3O5S2/c1-12-13(2)29-20(21-12)22-19(24)18(23-28-15-9-10-27-11-15)14-3-5-16(6-4-14)30(25,26)17-7-8-17/h3-6,15,17H,7-11H2,1-2H3,(H,21,22,24)/b23-18+/t15-/m1/s1. The highest BCUT2D eigenvalue weighted by molar-refractivity contribution is 7.92. The van der Waals surface area contributed by atoms with Crippen molar-refractivity contribution >= 4 is 37.9 Å². The van der Waals surface area contributed by atoms with Crippen molar-refractivity contribution in [3.05, 3.63) is 40.4 Å². The van der Waals surface area contributed by atoms with Crippen LogP contribution in [-0.2, 0) is 24.2 Å². The molecule has 0 spiro atoms. The van der Waals surface area contributed by atoms with Crippen molar-refractivity contribution in [2.24, 2.45) is 5.16 Å². The van der Waals surface area contributed by atoms with Crippen molar-refractivity contribution in [1.29, 1.82) is 0 Å². The zero-order valence-corrected chi connectivity index (χ0v) is 18.4. The second-order valence-electron chi connectivity index (χ2n) is 7.41. The molecule has 1 N–H and O–H groups in total. The van der Waals surface area contributed by atoms with Crippen LogP contribution in [0.1, 0.15) is 35.4 Å². The number of rotatable bonds is 7. The average Bonchev–Trinajstić information content (AvgIpc) is 3.37. The summed E-state index contributed by atoms with van der Waals surface area (Å²) >= 11 is 1.38. The van der Waals surface area contributed by atoms with Gasteiger partial charge < -0.3 is 9.57 Å². The van der Waals surface area contributed by atoms with Gasteiger partial charge in [0.05, 0.1) is 29.1 Å². The number of aromatic nitrogens is 1. The molecule has 2 aromatic rings. The van der Waals surface area contributed by atoms with Crippen LogP contribution in [0.15, 0.2) is 34.3 Å². The van der Waals surface area contributed by atoms with E-state index in [0.29, 0.717) is 43.2 Å². The maximum atomic E-state index is 12.9. The Hall–Kier alpha value is -2.30. The van der Waals surface area contributed by atoms with Gasteiger partial charge in [0.25, 0.3) is 5.91 Å². The normalized spacial score (nSPS) is 19.7. The van der Waals surface area contributed by atoms with Crippen molar-refractivity contribution in [2.45, 2.75) is 49.4 Å². The molecule has 2 heterocycles. The van der Waals surface area contributed by atoms with Crippen molar-refractivity contribution in [2.75, 3.05) is 18.5 Å². The van der Waals surface area contributed by atoms with E-state index in [0.717, 1.165) is 10.6 Å². The number of hydrogen-bond acceptors (Lipinski definition) is 8. The molecule has 1 saturated carbocycles. The topological polar surface area (TPSA) is 107 Å². The van der Waals surface area contributed by atoms with E-state index in [1.165, 1.54) is 23.5 Å². The predicted molar refractivity (Wildman–Crippen MR) is 114 cm³/mol. The van der Waals surface area contributed by atoms with Crippen LogP contribution >= 0.6 is 11.3 Å². The van der Waals surface area contributed by atoms with Gasteiger partial charge in [-0.3, -0.25) is 10.1 Å². The molecule has 2 fully saturated rings. The second kappa shape index (κ2) is 8.44. The van der Waals surface area contributed by atoms with E-state index < -0.39 is 15.7 Å². The van der Waals surface area contributed by atoms with E-state index in [1.807, 2.05) is 13.8 Å². The van der Waals surface area contributed by atoms with Gasteiger partial charge in [-0.1, -0.05) is 17.3 Å². The summed E-state index contributed by atoms with van der Waals surface area (Å²) in [5, 5.41) is 7.03. The van der Waals surface area contributed by atoms with Gasteiger partial charge in [0.1, 0.15) is 0 Å². The van der Waals surface area contributed by atoms with Crippen LogP contribution < -0.4 is 5.32 Å². The molecule has 1 aliphatic carbocycles. The monoisotopic (exact) mass is 449 g/mol. The lowest BCUT2D eigenvalue weighted by atomic mass is 10.1. The highest BCUT2D eigenvalue weighted by Gasteiger charge is 2.36. The number of hydrogen-bond donors (Lipinski definition) is 1. The van der Waals surface area contributed by atoms with Crippen LogP contribution in [0.5, 0.6) is 0 Å². The lowest BCUT2D eigenvalue weighted by molar-refractivity contribution is -0.110. The predicted octanol–water partition coefficient (Wildman–Crippen LogP) is 2.84. The largest absolute Gasteiger partial charge is 0.389 e. The number of benzene rings is 1. The summed E-state index contributed by atoms with van der Waals surface area (Å²) in [7, 11) is -3.30. The third-order valence-corrected chi connectivity index (χ3v) is 8.33. The second-order valence-corrected chi connectivity index (χ2v) is 10.8. The quantitative estimate of drug-likeness (QED) is 0.515. The Morgan fingerprint density at radius 2 is 1.97 bits per heavy atom. The average molecular weight is 450 g/mol. The summed E-state index contributed by atoms with van der Waals surface area (Å²) in [6, 6.07) is 6.20. The van der Waals surface area contributed by atoms with Crippen LogP contribution in [0.25, 0.3) is 0 Å². The summed E-state index contributed by atoms with van der Waals surface area (Å²) < 4.78 is 30.1. The van der Waals surface area contributed by atoms with E-state index >= 15 is 0 Å². The summed E-state index contributed by atoms with van der Waals surface area (Å²) in [6.07, 6.45) is 1.88. The van der Waals surface area contributed by atoms with Crippen LogP contribution in [-0.4, -0.2) is 49.6 Å². The third-order valence-electron chi connectivity index (χ3n) is 5.06. The maximum Gasteiger partial charge on any atom is 0.280 e. The van der Waals surface area contributed by atoms with Crippen LogP contribution in [0.3, 0.4) is 0 Å². The molecular weight excluding hydrogens is 426 g/mol. The fraction of sp³-hybridized carbons (Fsp3) is 0.450. The molecule has 0 radical (unpaired) electrons. The Morgan fingerprint density at radius 3 is 2.53 bits per heavy atom. The molecule has 1 aliphatic heterocycles. The fourth-order valence-electron chi connectivity index (χ4n) is 3.00. The minimum Gasteiger partial charge on any atom is -0.389 e. The SMILES string of the molecule is Cc1nc(NC(=O)/C(=N/O[C@@H]2CCOC2)c2ccc(S(=O)(=O)C3CC3)cc2)sc1C. The Morgan fingerprint density at radius 1 is 1.23 bits per heavy atom. The van der Waals surface area contributed by atoms with E-state index in [9.17, 15) is 13.2 Å². The van der Waals surface area contributed by atoms with Gasteiger partial charge >= 0.3 is 0 Å². The number of carbonyl (C=O) groups excluding carboxylic acids is 1. The molecule has 30 heavy (non-hydrogen) atoms. The van der Waals surface area contributed by atoms with Crippen molar-refractivity contribution in [1.82, 2.24) is 4.98 Å². The number of nitrogens with zero attached hydrogens (tertiary/aromatic N) is 2. The number of thiazole rings is 1. The van der Waals surface area contributed by atoms with Gasteiger partial charge in [-0.2, -0.15) is 0 Å². The zero-order chi connectivity index (χ0) is 21.3. The minimum absolute atomic E-state index is 0.0581. The van der Waals surface area contributed by atoms with Crippen LogP contribution in [0, 0.1) is 13.8 Å². The summed E-state index contributed by atoms with van der Waals surface area (Å²) in [4.78, 5) is 24.0. The molecule has 4 rings (SSSR count). The van der Waals surface area contributed by atoms with Gasteiger partial charge in [-0.05, 0) is 38.8 Å².